The molecule has 2 N–H and O–H groups in total. The summed E-state index contributed by atoms with van der Waals surface area (Å²) in [5.41, 5.74) is 0.131. The van der Waals surface area contributed by atoms with Crippen LogP contribution in [0.1, 0.15) is 69.8 Å². The summed E-state index contributed by atoms with van der Waals surface area (Å²) in [6, 6.07) is 5.44. The zero-order valence-electron chi connectivity index (χ0n) is 22.1. The molecule has 3 aliphatic rings. The molecule has 4 unspecified atom stereocenters. The lowest BCUT2D eigenvalue weighted by Gasteiger charge is -2.51. The summed E-state index contributed by atoms with van der Waals surface area (Å²) in [6.07, 6.45) is 11.2. The third kappa shape index (κ3) is 5.51. The fourth-order valence-electron chi connectivity index (χ4n) is 6.25. The quantitative estimate of drug-likeness (QED) is 0.415. The first-order valence-corrected chi connectivity index (χ1v) is 14.4. The van der Waals surface area contributed by atoms with Gasteiger partial charge >= 0.3 is 5.97 Å². The molecule has 0 bridgehead atoms. The number of hydrogen-bond acceptors (Lipinski definition) is 4. The minimum Gasteiger partial charge on any atom is -0.479 e. The molecule has 2 amide bonds. The molecule has 0 saturated carbocycles. The Hall–Kier alpha value is -2.35. The maximum absolute atomic E-state index is 13.2. The fraction of sp³-hybridized carbons (Fsp3) is 0.552. The van der Waals surface area contributed by atoms with Gasteiger partial charge in [-0.25, -0.2) is 4.79 Å². The minimum absolute atomic E-state index is 0.0839. The Kier molecular flexibility index (Phi) is 9.22. The van der Waals surface area contributed by atoms with Gasteiger partial charge in [0.05, 0.1) is 22.1 Å². The predicted octanol–water partition coefficient (Wildman–Crippen LogP) is 5.38. The van der Waals surface area contributed by atoms with Crippen LogP contribution in [0.15, 0.2) is 42.0 Å². The molecule has 0 aromatic heterocycles. The summed E-state index contributed by atoms with van der Waals surface area (Å²) in [5.74, 6) is -1.99. The second-order valence-electron chi connectivity index (χ2n) is 10.5. The first-order chi connectivity index (χ1) is 18.2. The highest BCUT2D eigenvalue weighted by atomic mass is 35.5. The second-order valence-corrected chi connectivity index (χ2v) is 11.3. The average molecular weight is 563 g/mol. The van der Waals surface area contributed by atoms with Gasteiger partial charge in [-0.1, -0.05) is 54.8 Å². The zero-order chi connectivity index (χ0) is 27.4. The molecule has 9 heteroatoms. The molecule has 1 aromatic rings. The highest BCUT2D eigenvalue weighted by Gasteiger charge is 2.50. The van der Waals surface area contributed by atoms with E-state index in [-0.39, 0.29) is 23.9 Å². The lowest BCUT2D eigenvalue weighted by Crippen LogP contribution is -2.64. The van der Waals surface area contributed by atoms with E-state index >= 15 is 0 Å². The van der Waals surface area contributed by atoms with Gasteiger partial charge < -0.3 is 15.3 Å². The third-order valence-corrected chi connectivity index (χ3v) is 8.89. The molecular formula is C29H37Cl2N3O4. The van der Waals surface area contributed by atoms with Crippen molar-refractivity contribution < 1.29 is 19.5 Å². The van der Waals surface area contributed by atoms with Crippen molar-refractivity contribution >= 4 is 41.0 Å². The van der Waals surface area contributed by atoms with E-state index < -0.39 is 17.4 Å². The van der Waals surface area contributed by atoms with Crippen molar-refractivity contribution in [1.29, 1.82) is 0 Å². The number of carbonyl (C=O) groups excluding carboxylic acids is 2. The lowest BCUT2D eigenvalue weighted by atomic mass is 9.73. The van der Waals surface area contributed by atoms with Crippen LogP contribution in [0, 0.1) is 5.92 Å². The summed E-state index contributed by atoms with van der Waals surface area (Å²) in [4.78, 5) is 43.1. The van der Waals surface area contributed by atoms with Crippen LogP contribution < -0.4 is 5.32 Å². The van der Waals surface area contributed by atoms with Crippen LogP contribution in [-0.2, 0) is 14.4 Å². The SMILES string of the molecule is CCCC(C1=CC(C(=O)O)(N2CCCCC2N2CCCCC2=O)C=CC1C(=O)NC)c1ccc(Cl)c(Cl)c1. The number of halogens is 2. The van der Waals surface area contributed by atoms with Crippen molar-refractivity contribution in [3.63, 3.8) is 0 Å². The van der Waals surface area contributed by atoms with E-state index in [9.17, 15) is 19.5 Å². The van der Waals surface area contributed by atoms with Crippen molar-refractivity contribution in [2.75, 3.05) is 20.1 Å². The number of carbonyl (C=O) groups is 3. The van der Waals surface area contributed by atoms with Gasteiger partial charge in [-0.3, -0.25) is 14.5 Å². The van der Waals surface area contributed by atoms with Gasteiger partial charge in [0.15, 0.2) is 5.54 Å². The van der Waals surface area contributed by atoms with Gasteiger partial charge in [0, 0.05) is 32.5 Å². The first kappa shape index (κ1) is 28.7. The van der Waals surface area contributed by atoms with E-state index in [4.69, 9.17) is 23.2 Å². The minimum atomic E-state index is -1.48. The molecule has 0 radical (unpaired) electrons. The third-order valence-electron chi connectivity index (χ3n) is 8.15. The van der Waals surface area contributed by atoms with Crippen LogP contribution in [0.5, 0.6) is 0 Å². The van der Waals surface area contributed by atoms with Gasteiger partial charge in [0.2, 0.25) is 11.8 Å². The number of amides is 2. The van der Waals surface area contributed by atoms with Crippen molar-refractivity contribution in [2.24, 2.45) is 5.92 Å². The maximum atomic E-state index is 13.2. The summed E-state index contributed by atoms with van der Waals surface area (Å²) >= 11 is 12.6. The molecule has 206 valence electrons. The standard InChI is InChI=1S/C29H37Cl2N3O4/c1-3-8-20(19-11-12-23(30)24(31)17-19)22-18-29(28(37)38,14-13-21(22)27(36)32-2)34-16-7-4-9-25(34)33-15-6-5-10-26(33)35/h11-14,17-18,20-21,25H,3-10,15-16H2,1-2H3,(H,32,36)(H,37,38). The van der Waals surface area contributed by atoms with Gasteiger partial charge in [-0.05, 0) is 67.9 Å². The molecule has 4 rings (SSSR count). The van der Waals surface area contributed by atoms with Crippen molar-refractivity contribution in [2.45, 2.75) is 75.9 Å². The van der Waals surface area contributed by atoms with Crippen LogP contribution in [0.2, 0.25) is 10.0 Å². The molecule has 4 atom stereocenters. The summed E-state index contributed by atoms with van der Waals surface area (Å²) < 4.78 is 0. The van der Waals surface area contributed by atoms with Gasteiger partial charge in [0.25, 0.3) is 0 Å². The average Bonchev–Trinajstić information content (AvgIpc) is 2.92. The van der Waals surface area contributed by atoms with Gasteiger partial charge in [0.1, 0.15) is 0 Å². The van der Waals surface area contributed by atoms with Gasteiger partial charge in [-0.15, -0.1) is 0 Å². The largest absolute Gasteiger partial charge is 0.479 e. The van der Waals surface area contributed by atoms with Crippen LogP contribution in [0.3, 0.4) is 0 Å². The molecule has 0 spiro atoms. The van der Waals surface area contributed by atoms with Crippen LogP contribution in [0.4, 0.5) is 0 Å². The Morgan fingerprint density at radius 3 is 2.58 bits per heavy atom. The number of piperidine rings is 2. The molecule has 1 aromatic carbocycles. The zero-order valence-corrected chi connectivity index (χ0v) is 23.6. The van der Waals surface area contributed by atoms with E-state index in [2.05, 4.69) is 12.2 Å². The monoisotopic (exact) mass is 561 g/mol. The molecule has 2 saturated heterocycles. The van der Waals surface area contributed by atoms with Crippen molar-refractivity contribution in [3.8, 4) is 0 Å². The van der Waals surface area contributed by atoms with E-state index in [1.54, 1.807) is 31.3 Å². The highest BCUT2D eigenvalue weighted by molar-refractivity contribution is 6.42. The number of benzene rings is 1. The van der Waals surface area contributed by atoms with Crippen LogP contribution in [0.25, 0.3) is 0 Å². The smallest absolute Gasteiger partial charge is 0.332 e. The Morgan fingerprint density at radius 1 is 1.16 bits per heavy atom. The van der Waals surface area contributed by atoms with E-state index in [1.165, 1.54) is 0 Å². The topological polar surface area (TPSA) is 90.0 Å². The molecule has 2 aliphatic heterocycles. The predicted molar refractivity (Wildman–Crippen MR) is 149 cm³/mol. The number of nitrogens with one attached hydrogen (secondary N) is 1. The fourth-order valence-corrected chi connectivity index (χ4v) is 6.55. The molecule has 1 aliphatic carbocycles. The number of hydrogen-bond donors (Lipinski definition) is 2. The maximum Gasteiger partial charge on any atom is 0.332 e. The number of carboxylic acids is 1. The first-order valence-electron chi connectivity index (χ1n) is 13.6. The number of aliphatic carboxylic acids is 1. The number of likely N-dealkylation sites (tertiary alicyclic amines) is 2. The molecule has 38 heavy (non-hydrogen) atoms. The number of rotatable bonds is 8. The van der Waals surface area contributed by atoms with Crippen molar-refractivity contribution in [3.05, 3.63) is 57.6 Å². The second kappa shape index (κ2) is 12.2. The van der Waals surface area contributed by atoms with Crippen LogP contribution >= 0.6 is 23.2 Å². The molecule has 2 heterocycles. The lowest BCUT2D eigenvalue weighted by molar-refractivity contribution is -0.157. The Labute approximate surface area is 234 Å². The van der Waals surface area contributed by atoms with Gasteiger partial charge in [-0.2, -0.15) is 0 Å². The summed E-state index contributed by atoms with van der Waals surface area (Å²) in [5, 5.41) is 14.4. The van der Waals surface area contributed by atoms with E-state index in [1.807, 2.05) is 21.9 Å². The summed E-state index contributed by atoms with van der Waals surface area (Å²) in [7, 11) is 1.59. The summed E-state index contributed by atoms with van der Waals surface area (Å²) in [6.45, 7) is 3.25. The van der Waals surface area contributed by atoms with E-state index in [0.29, 0.717) is 36.0 Å². The Morgan fingerprint density at radius 2 is 1.92 bits per heavy atom. The Balaban J connectivity index is 1.86. The Bertz CT molecular complexity index is 1140. The van der Waals surface area contributed by atoms with Crippen LogP contribution in [-0.4, -0.2) is 64.5 Å². The number of nitrogens with zero attached hydrogens (tertiary/aromatic N) is 2. The van der Waals surface area contributed by atoms with E-state index in [0.717, 1.165) is 49.7 Å². The normalized spacial score (nSPS) is 27.1. The molecule has 2 fully saturated rings. The number of carboxylic acid groups (broad SMARTS) is 1. The molecule has 7 nitrogen and oxygen atoms in total. The van der Waals surface area contributed by atoms with Crippen molar-refractivity contribution in [1.82, 2.24) is 15.1 Å². The molecular weight excluding hydrogens is 525 g/mol. The highest BCUT2D eigenvalue weighted by Crippen LogP contribution is 2.43.